The van der Waals surface area contributed by atoms with Crippen LogP contribution in [0.5, 0.6) is 0 Å². The van der Waals surface area contributed by atoms with Gasteiger partial charge in [0.25, 0.3) is 5.69 Å². The molecule has 0 bridgehead atoms. The van der Waals surface area contributed by atoms with Crippen LogP contribution in [0.25, 0.3) is 0 Å². The number of hydrogen-bond donors (Lipinski definition) is 1. The van der Waals surface area contributed by atoms with E-state index in [2.05, 4.69) is 5.32 Å². The van der Waals surface area contributed by atoms with Crippen molar-refractivity contribution in [3.8, 4) is 0 Å². The van der Waals surface area contributed by atoms with Crippen LogP contribution in [-0.2, 0) is 28.6 Å². The SMILES string of the molecule is COC(=O)C(OC(=O)C1=C(C)NC(C)=C(C(=O)OC(C)C)C1c1cccc([N+](=O)[O-])c1)c1ccccc1. The van der Waals surface area contributed by atoms with Crippen molar-refractivity contribution in [2.24, 2.45) is 0 Å². The maximum absolute atomic E-state index is 13.7. The maximum Gasteiger partial charge on any atom is 0.351 e. The summed E-state index contributed by atoms with van der Waals surface area (Å²) in [7, 11) is 1.18. The molecule has 1 aliphatic heterocycles. The van der Waals surface area contributed by atoms with Gasteiger partial charge in [-0.15, -0.1) is 0 Å². The standard InChI is InChI=1S/C27H28N2O8/c1-15(2)36-25(30)21-16(3)28-17(4)22(23(21)19-12-9-13-20(14-19)29(33)34)26(31)37-24(27(32)35-5)18-10-7-6-8-11-18/h6-15,23-24,28H,1-5H3. The molecule has 2 atom stereocenters. The molecule has 0 radical (unpaired) electrons. The molecule has 2 unspecified atom stereocenters. The summed E-state index contributed by atoms with van der Waals surface area (Å²) in [5.74, 6) is -3.45. The van der Waals surface area contributed by atoms with Crippen LogP contribution in [0.1, 0.15) is 50.8 Å². The molecule has 1 aliphatic rings. The summed E-state index contributed by atoms with van der Waals surface area (Å²) in [6.07, 6.45) is -1.83. The number of nitro benzene ring substituents is 1. The number of nitrogens with one attached hydrogen (secondary N) is 1. The molecule has 3 rings (SSSR count). The fourth-order valence-electron chi connectivity index (χ4n) is 4.12. The smallest absolute Gasteiger partial charge is 0.351 e. The van der Waals surface area contributed by atoms with Crippen molar-refractivity contribution in [2.75, 3.05) is 7.11 Å². The van der Waals surface area contributed by atoms with Crippen molar-refractivity contribution < 1.29 is 33.5 Å². The third-order valence-corrected chi connectivity index (χ3v) is 5.70. The third kappa shape index (κ3) is 6.03. The van der Waals surface area contributed by atoms with Crippen LogP contribution in [-0.4, -0.2) is 36.0 Å². The van der Waals surface area contributed by atoms with Gasteiger partial charge in [-0.3, -0.25) is 10.1 Å². The molecular formula is C27H28N2O8. The van der Waals surface area contributed by atoms with Gasteiger partial charge in [0, 0.05) is 29.1 Å². The molecule has 194 valence electrons. The molecule has 2 aromatic carbocycles. The topological polar surface area (TPSA) is 134 Å². The van der Waals surface area contributed by atoms with E-state index in [9.17, 15) is 24.5 Å². The Kier molecular flexibility index (Phi) is 8.44. The molecule has 0 aliphatic carbocycles. The molecule has 10 heteroatoms. The average molecular weight is 509 g/mol. The van der Waals surface area contributed by atoms with E-state index in [0.717, 1.165) is 0 Å². The Morgan fingerprint density at radius 1 is 0.919 bits per heavy atom. The van der Waals surface area contributed by atoms with E-state index >= 15 is 0 Å². The number of benzene rings is 2. The second-order valence-electron chi connectivity index (χ2n) is 8.66. The number of nitro groups is 1. The summed E-state index contributed by atoms with van der Waals surface area (Å²) in [6, 6.07) is 14.0. The van der Waals surface area contributed by atoms with Crippen LogP contribution in [0.4, 0.5) is 5.69 Å². The highest BCUT2D eigenvalue weighted by Crippen LogP contribution is 2.41. The number of non-ortho nitro benzene ring substituents is 1. The largest absolute Gasteiger partial charge is 0.466 e. The molecule has 0 spiro atoms. The van der Waals surface area contributed by atoms with Crippen molar-refractivity contribution in [2.45, 2.75) is 45.8 Å². The summed E-state index contributed by atoms with van der Waals surface area (Å²) in [5, 5.41) is 14.5. The number of nitrogens with zero attached hydrogens (tertiary/aromatic N) is 1. The number of hydrogen-bond acceptors (Lipinski definition) is 9. The molecule has 1 N–H and O–H groups in total. The lowest BCUT2D eigenvalue weighted by molar-refractivity contribution is -0.384. The minimum atomic E-state index is -1.37. The van der Waals surface area contributed by atoms with Crippen LogP contribution in [0.15, 0.2) is 77.1 Å². The number of carbonyl (C=O) groups excluding carboxylic acids is 3. The van der Waals surface area contributed by atoms with Crippen molar-refractivity contribution in [3.05, 3.63) is 98.4 Å². The number of methoxy groups -OCH3 is 1. The maximum atomic E-state index is 13.7. The number of ether oxygens (including phenoxy) is 3. The predicted molar refractivity (Wildman–Crippen MR) is 133 cm³/mol. The molecule has 1 heterocycles. The summed E-state index contributed by atoms with van der Waals surface area (Å²) in [4.78, 5) is 50.3. The van der Waals surface area contributed by atoms with E-state index in [-0.39, 0.29) is 16.8 Å². The Morgan fingerprint density at radius 2 is 1.51 bits per heavy atom. The normalized spacial score (nSPS) is 16.1. The number of esters is 3. The van der Waals surface area contributed by atoms with Gasteiger partial charge in [-0.25, -0.2) is 14.4 Å². The van der Waals surface area contributed by atoms with Gasteiger partial charge < -0.3 is 19.5 Å². The van der Waals surface area contributed by atoms with Gasteiger partial charge in [0.15, 0.2) is 0 Å². The quantitative estimate of drug-likeness (QED) is 0.240. The Morgan fingerprint density at radius 3 is 2.05 bits per heavy atom. The van der Waals surface area contributed by atoms with E-state index < -0.39 is 41.0 Å². The molecule has 10 nitrogen and oxygen atoms in total. The summed E-state index contributed by atoms with van der Waals surface area (Å²) in [6.45, 7) is 6.63. The second kappa shape index (κ2) is 11.5. The number of allylic oxidation sites excluding steroid dienone is 2. The lowest BCUT2D eigenvalue weighted by atomic mass is 9.80. The summed E-state index contributed by atoms with van der Waals surface area (Å²) >= 11 is 0. The van der Waals surface area contributed by atoms with Crippen LogP contribution in [0.2, 0.25) is 0 Å². The van der Waals surface area contributed by atoms with Crippen molar-refractivity contribution in [3.63, 3.8) is 0 Å². The first-order chi connectivity index (χ1) is 17.5. The second-order valence-corrected chi connectivity index (χ2v) is 8.66. The molecule has 0 aromatic heterocycles. The first-order valence-corrected chi connectivity index (χ1v) is 11.5. The van der Waals surface area contributed by atoms with Crippen LogP contribution in [0, 0.1) is 10.1 Å². The van der Waals surface area contributed by atoms with Crippen LogP contribution < -0.4 is 5.32 Å². The fraction of sp³-hybridized carbons (Fsp3) is 0.296. The summed E-state index contributed by atoms with van der Waals surface area (Å²) < 4.78 is 15.9. The first-order valence-electron chi connectivity index (χ1n) is 11.5. The minimum absolute atomic E-state index is 0.00615. The fourth-order valence-corrected chi connectivity index (χ4v) is 4.12. The number of carbonyl (C=O) groups is 3. The molecule has 0 fully saturated rings. The van der Waals surface area contributed by atoms with E-state index in [1.165, 1.54) is 25.3 Å². The van der Waals surface area contributed by atoms with Gasteiger partial charge in [0.2, 0.25) is 6.10 Å². The summed E-state index contributed by atoms with van der Waals surface area (Å²) in [5.41, 5.74) is 1.37. The van der Waals surface area contributed by atoms with Crippen LogP contribution >= 0.6 is 0 Å². The van der Waals surface area contributed by atoms with Gasteiger partial charge in [-0.2, -0.15) is 0 Å². The van der Waals surface area contributed by atoms with E-state index in [4.69, 9.17) is 14.2 Å². The van der Waals surface area contributed by atoms with Gasteiger partial charge in [-0.1, -0.05) is 42.5 Å². The zero-order chi connectivity index (χ0) is 27.3. The van der Waals surface area contributed by atoms with Gasteiger partial charge >= 0.3 is 17.9 Å². The number of dihydropyridines is 1. The molecule has 0 saturated carbocycles. The third-order valence-electron chi connectivity index (χ3n) is 5.70. The van der Waals surface area contributed by atoms with Crippen molar-refractivity contribution >= 4 is 23.6 Å². The highest BCUT2D eigenvalue weighted by atomic mass is 16.6. The molecule has 37 heavy (non-hydrogen) atoms. The average Bonchev–Trinajstić information content (AvgIpc) is 2.86. The van der Waals surface area contributed by atoms with E-state index in [0.29, 0.717) is 22.5 Å². The monoisotopic (exact) mass is 508 g/mol. The van der Waals surface area contributed by atoms with E-state index in [1.54, 1.807) is 64.1 Å². The number of rotatable bonds is 8. The highest BCUT2D eigenvalue weighted by Gasteiger charge is 2.40. The predicted octanol–water partition coefficient (Wildman–Crippen LogP) is 4.24. The molecular weight excluding hydrogens is 480 g/mol. The van der Waals surface area contributed by atoms with E-state index in [1.807, 2.05) is 0 Å². The highest BCUT2D eigenvalue weighted by molar-refractivity contribution is 6.00. The van der Waals surface area contributed by atoms with Gasteiger partial charge in [0.05, 0.1) is 35.2 Å². The Labute approximate surface area is 214 Å². The van der Waals surface area contributed by atoms with Gasteiger partial charge in [-0.05, 0) is 33.3 Å². The lowest BCUT2D eigenvalue weighted by Gasteiger charge is -2.31. The lowest BCUT2D eigenvalue weighted by Crippen LogP contribution is -2.34. The van der Waals surface area contributed by atoms with Gasteiger partial charge in [0.1, 0.15) is 0 Å². The van der Waals surface area contributed by atoms with Crippen LogP contribution in [0.3, 0.4) is 0 Å². The Hall–Kier alpha value is -4.47. The minimum Gasteiger partial charge on any atom is -0.466 e. The van der Waals surface area contributed by atoms with Crippen molar-refractivity contribution in [1.82, 2.24) is 5.32 Å². The molecule has 0 amide bonds. The Bertz CT molecular complexity index is 1280. The zero-order valence-electron chi connectivity index (χ0n) is 21.1. The first kappa shape index (κ1) is 27.1. The molecule has 0 saturated heterocycles. The van der Waals surface area contributed by atoms with Crippen molar-refractivity contribution in [1.29, 1.82) is 0 Å². The molecule has 2 aromatic rings. The zero-order valence-corrected chi connectivity index (χ0v) is 21.1. The Balaban J connectivity index is 2.14.